The number of rotatable bonds is 5. The van der Waals surface area contributed by atoms with Gasteiger partial charge in [-0.2, -0.15) is 0 Å². The van der Waals surface area contributed by atoms with Crippen molar-refractivity contribution in [3.05, 3.63) is 11.1 Å². The zero-order valence-electron chi connectivity index (χ0n) is 14.8. The lowest BCUT2D eigenvalue weighted by Crippen LogP contribution is -2.39. The van der Waals surface area contributed by atoms with E-state index < -0.39 is 0 Å². The van der Waals surface area contributed by atoms with Gasteiger partial charge < -0.3 is 10.2 Å². The molecule has 0 bridgehead atoms. The number of aryl methyl sites for hydroxylation is 1. The van der Waals surface area contributed by atoms with Gasteiger partial charge in [-0.15, -0.1) is 11.3 Å². The van der Waals surface area contributed by atoms with Crippen molar-refractivity contribution in [3.8, 4) is 0 Å². The molecule has 0 atom stereocenters. The first-order valence-corrected chi connectivity index (χ1v) is 10.4. The fourth-order valence-corrected chi connectivity index (χ4v) is 4.32. The molecule has 7 heteroatoms. The molecule has 2 N–H and O–H groups in total. The van der Waals surface area contributed by atoms with E-state index in [4.69, 9.17) is 0 Å². The summed E-state index contributed by atoms with van der Waals surface area (Å²) in [6, 6.07) is 0.118. The number of aromatic nitrogens is 1. The number of urea groups is 1. The molecule has 2 heterocycles. The van der Waals surface area contributed by atoms with E-state index >= 15 is 0 Å². The Morgan fingerprint density at radius 2 is 1.84 bits per heavy atom. The number of hydrogen-bond donors (Lipinski definition) is 2. The predicted molar refractivity (Wildman–Crippen MR) is 99.9 cm³/mol. The Morgan fingerprint density at radius 3 is 2.60 bits per heavy atom. The fraction of sp³-hybridized carbons (Fsp3) is 0.722. The molecule has 1 aromatic heterocycles. The molecule has 25 heavy (non-hydrogen) atoms. The van der Waals surface area contributed by atoms with Crippen LogP contribution >= 0.6 is 11.3 Å². The van der Waals surface area contributed by atoms with Crippen LogP contribution in [-0.2, 0) is 11.2 Å². The lowest BCUT2D eigenvalue weighted by molar-refractivity contribution is -0.132. The van der Waals surface area contributed by atoms with Gasteiger partial charge in [0.1, 0.15) is 0 Å². The molecule has 3 rings (SSSR count). The average Bonchev–Trinajstić information content (AvgIpc) is 3.08. The van der Waals surface area contributed by atoms with Crippen molar-refractivity contribution < 1.29 is 9.59 Å². The van der Waals surface area contributed by atoms with Gasteiger partial charge in [-0.25, -0.2) is 9.78 Å². The van der Waals surface area contributed by atoms with Crippen LogP contribution in [0.25, 0.3) is 0 Å². The van der Waals surface area contributed by atoms with Crippen LogP contribution in [0.3, 0.4) is 0 Å². The fourth-order valence-electron chi connectivity index (χ4n) is 3.58. The maximum absolute atomic E-state index is 12.2. The molecule has 2 fully saturated rings. The summed E-state index contributed by atoms with van der Waals surface area (Å²) in [6.45, 7) is 1.79. The van der Waals surface area contributed by atoms with E-state index in [9.17, 15) is 9.59 Å². The minimum absolute atomic E-state index is 0.169. The van der Waals surface area contributed by atoms with Crippen LogP contribution in [0.5, 0.6) is 0 Å². The number of likely N-dealkylation sites (tertiary alicyclic amines) is 1. The van der Waals surface area contributed by atoms with E-state index in [-0.39, 0.29) is 18.0 Å². The Balaban J connectivity index is 1.40. The third-order valence-corrected chi connectivity index (χ3v) is 5.82. The summed E-state index contributed by atoms with van der Waals surface area (Å²) in [6.07, 6.45) is 10.4. The molecular formula is C18H28N4O2S. The number of carbonyl (C=O) groups excluding carboxylic acids is 2. The van der Waals surface area contributed by atoms with Crippen LogP contribution in [0.2, 0.25) is 0 Å². The minimum atomic E-state index is -0.169. The number of amides is 3. The van der Waals surface area contributed by atoms with Crippen LogP contribution in [0.15, 0.2) is 5.38 Å². The van der Waals surface area contributed by atoms with Crippen molar-refractivity contribution in [1.29, 1.82) is 0 Å². The standard InChI is InChI=1S/C18H28N4O2S/c23-16(22-11-5-2-6-12-22)10-9-15-13-25-18(20-15)21-17(24)19-14-7-3-1-4-8-14/h13-14H,1-12H2,(H2,19,20,21,24). The summed E-state index contributed by atoms with van der Waals surface area (Å²) in [5, 5.41) is 8.38. The molecule has 0 unspecified atom stereocenters. The average molecular weight is 365 g/mol. The number of piperidine rings is 1. The number of anilines is 1. The highest BCUT2D eigenvalue weighted by Crippen LogP contribution is 2.19. The number of nitrogens with one attached hydrogen (secondary N) is 2. The van der Waals surface area contributed by atoms with Crippen LogP contribution in [0.4, 0.5) is 9.93 Å². The number of hydrogen-bond acceptors (Lipinski definition) is 4. The summed E-state index contributed by atoms with van der Waals surface area (Å²) in [7, 11) is 0. The Morgan fingerprint density at radius 1 is 1.12 bits per heavy atom. The molecule has 6 nitrogen and oxygen atoms in total. The number of nitrogens with zero attached hydrogens (tertiary/aromatic N) is 2. The second-order valence-electron chi connectivity index (χ2n) is 7.02. The molecule has 1 saturated heterocycles. The summed E-state index contributed by atoms with van der Waals surface area (Å²) in [4.78, 5) is 30.6. The zero-order valence-corrected chi connectivity index (χ0v) is 15.6. The molecule has 2 aliphatic rings. The lowest BCUT2D eigenvalue weighted by atomic mass is 9.96. The first-order chi connectivity index (χ1) is 12.2. The molecule has 0 aromatic carbocycles. The van der Waals surface area contributed by atoms with Crippen molar-refractivity contribution in [2.24, 2.45) is 0 Å². The maximum Gasteiger partial charge on any atom is 0.321 e. The molecule has 1 aliphatic carbocycles. The molecule has 3 amide bonds. The van der Waals surface area contributed by atoms with Crippen molar-refractivity contribution in [2.75, 3.05) is 18.4 Å². The van der Waals surface area contributed by atoms with Gasteiger partial charge in [0, 0.05) is 30.9 Å². The van der Waals surface area contributed by atoms with Crippen LogP contribution in [0.1, 0.15) is 63.5 Å². The third-order valence-electron chi connectivity index (χ3n) is 5.02. The van der Waals surface area contributed by atoms with Gasteiger partial charge in [0.2, 0.25) is 5.91 Å². The van der Waals surface area contributed by atoms with Gasteiger partial charge in [0.15, 0.2) is 5.13 Å². The molecule has 1 saturated carbocycles. The molecule has 0 spiro atoms. The first kappa shape index (κ1) is 18.2. The Kier molecular flexibility index (Phi) is 6.67. The van der Waals surface area contributed by atoms with Crippen LogP contribution < -0.4 is 10.6 Å². The van der Waals surface area contributed by atoms with Crippen molar-refractivity contribution in [2.45, 2.75) is 70.3 Å². The summed E-state index contributed by atoms with van der Waals surface area (Å²) in [5.41, 5.74) is 0.878. The van der Waals surface area contributed by atoms with E-state index in [0.717, 1.165) is 44.5 Å². The second-order valence-corrected chi connectivity index (χ2v) is 7.88. The van der Waals surface area contributed by atoms with Gasteiger partial charge in [0.25, 0.3) is 0 Å². The van der Waals surface area contributed by atoms with E-state index in [1.54, 1.807) is 0 Å². The highest BCUT2D eigenvalue weighted by atomic mass is 32.1. The monoisotopic (exact) mass is 364 g/mol. The predicted octanol–water partition coefficient (Wildman–Crippen LogP) is 3.54. The Bertz CT molecular complexity index is 577. The first-order valence-electron chi connectivity index (χ1n) is 9.50. The molecule has 138 valence electrons. The molecule has 0 radical (unpaired) electrons. The lowest BCUT2D eigenvalue weighted by Gasteiger charge is -2.26. The van der Waals surface area contributed by atoms with E-state index in [1.165, 1.54) is 37.0 Å². The third kappa shape index (κ3) is 5.70. The number of carbonyl (C=O) groups is 2. The highest BCUT2D eigenvalue weighted by Gasteiger charge is 2.18. The highest BCUT2D eigenvalue weighted by molar-refractivity contribution is 7.13. The van der Waals surface area contributed by atoms with Gasteiger partial charge in [0.05, 0.1) is 5.69 Å². The summed E-state index contributed by atoms with van der Waals surface area (Å²) >= 11 is 1.42. The maximum atomic E-state index is 12.2. The molecule has 1 aliphatic heterocycles. The zero-order chi connectivity index (χ0) is 17.5. The largest absolute Gasteiger partial charge is 0.343 e. The second kappa shape index (κ2) is 9.17. The van der Waals surface area contributed by atoms with E-state index in [0.29, 0.717) is 18.0 Å². The van der Waals surface area contributed by atoms with Crippen molar-refractivity contribution >= 4 is 28.4 Å². The Hall–Kier alpha value is -1.63. The summed E-state index contributed by atoms with van der Waals surface area (Å²) in [5.74, 6) is 0.220. The summed E-state index contributed by atoms with van der Waals surface area (Å²) < 4.78 is 0. The van der Waals surface area contributed by atoms with Crippen molar-refractivity contribution in [1.82, 2.24) is 15.2 Å². The topological polar surface area (TPSA) is 74.3 Å². The van der Waals surface area contributed by atoms with Gasteiger partial charge >= 0.3 is 6.03 Å². The van der Waals surface area contributed by atoms with E-state index in [2.05, 4.69) is 15.6 Å². The SMILES string of the molecule is O=C(Nc1nc(CCC(=O)N2CCCCC2)cs1)NC1CCCCC1. The smallest absolute Gasteiger partial charge is 0.321 e. The van der Waals surface area contributed by atoms with Gasteiger partial charge in [-0.3, -0.25) is 10.1 Å². The van der Waals surface area contributed by atoms with Crippen LogP contribution in [-0.4, -0.2) is 41.0 Å². The van der Waals surface area contributed by atoms with E-state index in [1.807, 2.05) is 10.3 Å². The van der Waals surface area contributed by atoms with Gasteiger partial charge in [-0.1, -0.05) is 19.3 Å². The van der Waals surface area contributed by atoms with Gasteiger partial charge in [-0.05, 0) is 38.5 Å². The quantitative estimate of drug-likeness (QED) is 0.839. The number of thiazole rings is 1. The molecule has 1 aromatic rings. The van der Waals surface area contributed by atoms with Crippen molar-refractivity contribution in [3.63, 3.8) is 0 Å². The normalized spacial score (nSPS) is 18.8. The molecular weight excluding hydrogens is 336 g/mol. The van der Waals surface area contributed by atoms with Crippen LogP contribution in [0, 0.1) is 0 Å². The minimum Gasteiger partial charge on any atom is -0.343 e. The Labute approximate surface area is 153 Å².